The highest BCUT2D eigenvalue weighted by Crippen LogP contribution is 2.27. The molecule has 2 aromatic carbocycles. The van der Waals surface area contributed by atoms with E-state index in [1.54, 1.807) is 18.2 Å². The Labute approximate surface area is 171 Å². The van der Waals surface area contributed by atoms with Crippen LogP contribution in [-0.2, 0) is 14.8 Å². The Balaban J connectivity index is 1.65. The maximum atomic E-state index is 12.9. The number of hydrogen-bond donors (Lipinski definition) is 0. The molecular weight excluding hydrogens is 390 g/mol. The van der Waals surface area contributed by atoms with E-state index in [4.69, 9.17) is 4.74 Å². The second kappa shape index (κ2) is 8.47. The van der Waals surface area contributed by atoms with Gasteiger partial charge in [0, 0.05) is 18.7 Å². The largest absolute Gasteiger partial charge is 0.426 e. The summed E-state index contributed by atoms with van der Waals surface area (Å²) >= 11 is 0. The van der Waals surface area contributed by atoms with Crippen LogP contribution in [0, 0.1) is 19.8 Å². The fourth-order valence-corrected chi connectivity index (χ4v) is 4.98. The molecule has 0 aromatic heterocycles. The third kappa shape index (κ3) is 4.74. The summed E-state index contributed by atoms with van der Waals surface area (Å²) in [6.45, 7) is 5.73. The molecule has 2 aromatic rings. The summed E-state index contributed by atoms with van der Waals surface area (Å²) in [6.07, 6.45) is 0.796. The smallest absolute Gasteiger partial charge is 0.314 e. The zero-order valence-corrected chi connectivity index (χ0v) is 17.7. The number of hydrogen-bond acceptors (Lipinski definition) is 5. The second-order valence-electron chi connectivity index (χ2n) is 7.45. The molecule has 0 atom stereocenters. The average molecular weight is 416 g/mol. The lowest BCUT2D eigenvalue weighted by molar-refractivity contribution is -0.140. The molecule has 6 nitrogen and oxygen atoms in total. The number of ketones is 1. The SMILES string of the molecule is CC(=O)c1cccc(S(=O)(=O)N2CCC(C(=O)Oc3ccc(C)cc3C)CC2)c1. The predicted molar refractivity (Wildman–Crippen MR) is 109 cm³/mol. The Morgan fingerprint density at radius 2 is 1.72 bits per heavy atom. The van der Waals surface area contributed by atoms with Crippen molar-refractivity contribution in [2.75, 3.05) is 13.1 Å². The number of sulfonamides is 1. The molecule has 1 saturated heterocycles. The fourth-order valence-electron chi connectivity index (χ4n) is 3.46. The van der Waals surface area contributed by atoms with Gasteiger partial charge in [-0.25, -0.2) is 8.42 Å². The molecule has 0 spiro atoms. The van der Waals surface area contributed by atoms with Crippen molar-refractivity contribution < 1.29 is 22.7 Å². The van der Waals surface area contributed by atoms with E-state index in [1.807, 2.05) is 26.0 Å². The van der Waals surface area contributed by atoms with Crippen molar-refractivity contribution in [1.82, 2.24) is 4.31 Å². The average Bonchev–Trinajstić information content (AvgIpc) is 2.70. The van der Waals surface area contributed by atoms with Crippen LogP contribution in [0.2, 0.25) is 0 Å². The molecule has 1 aliphatic rings. The number of aryl methyl sites for hydroxylation is 2. The number of carbonyl (C=O) groups is 2. The Kier molecular flexibility index (Phi) is 6.19. The Bertz CT molecular complexity index is 1040. The van der Waals surface area contributed by atoms with Crippen LogP contribution < -0.4 is 4.74 Å². The maximum Gasteiger partial charge on any atom is 0.314 e. The van der Waals surface area contributed by atoms with Gasteiger partial charge in [-0.1, -0.05) is 29.8 Å². The summed E-state index contributed by atoms with van der Waals surface area (Å²) in [5, 5.41) is 0. The number of nitrogens with zero attached hydrogens (tertiary/aromatic N) is 1. The number of Topliss-reactive ketones (excluding diaryl/α,β-unsaturated/α-hetero) is 1. The minimum Gasteiger partial charge on any atom is -0.426 e. The zero-order valence-electron chi connectivity index (χ0n) is 16.8. The molecule has 0 unspecified atom stereocenters. The molecule has 1 fully saturated rings. The summed E-state index contributed by atoms with van der Waals surface area (Å²) < 4.78 is 32.7. The van der Waals surface area contributed by atoms with Crippen molar-refractivity contribution in [3.8, 4) is 5.75 Å². The lowest BCUT2D eigenvalue weighted by Crippen LogP contribution is -2.41. The monoisotopic (exact) mass is 415 g/mol. The molecule has 0 radical (unpaired) electrons. The van der Waals surface area contributed by atoms with Crippen LogP contribution in [0.4, 0.5) is 0 Å². The van der Waals surface area contributed by atoms with Crippen LogP contribution in [-0.4, -0.2) is 37.6 Å². The lowest BCUT2D eigenvalue weighted by Gasteiger charge is -2.30. The van der Waals surface area contributed by atoms with E-state index in [1.165, 1.54) is 23.4 Å². The lowest BCUT2D eigenvalue weighted by atomic mass is 9.98. The van der Waals surface area contributed by atoms with Gasteiger partial charge in [-0.05, 0) is 57.4 Å². The third-order valence-electron chi connectivity index (χ3n) is 5.21. The molecule has 0 amide bonds. The Hall–Kier alpha value is -2.51. The van der Waals surface area contributed by atoms with E-state index in [0.717, 1.165) is 11.1 Å². The van der Waals surface area contributed by atoms with Gasteiger partial charge in [0.2, 0.25) is 10.0 Å². The van der Waals surface area contributed by atoms with Crippen LogP contribution in [0.15, 0.2) is 47.4 Å². The number of carbonyl (C=O) groups excluding carboxylic acids is 2. The quantitative estimate of drug-likeness (QED) is 0.424. The van der Waals surface area contributed by atoms with Gasteiger partial charge in [-0.15, -0.1) is 0 Å². The van der Waals surface area contributed by atoms with Gasteiger partial charge < -0.3 is 4.74 Å². The first kappa shape index (κ1) is 21.2. The van der Waals surface area contributed by atoms with Gasteiger partial charge in [0.1, 0.15) is 5.75 Å². The number of benzene rings is 2. The first-order valence-corrected chi connectivity index (χ1v) is 11.0. The molecule has 1 aliphatic heterocycles. The molecule has 0 N–H and O–H groups in total. The third-order valence-corrected chi connectivity index (χ3v) is 7.10. The molecular formula is C22H25NO5S. The minimum absolute atomic E-state index is 0.0986. The molecule has 0 aliphatic carbocycles. The van der Waals surface area contributed by atoms with E-state index in [0.29, 0.717) is 24.2 Å². The minimum atomic E-state index is -3.71. The zero-order chi connectivity index (χ0) is 21.2. The van der Waals surface area contributed by atoms with Crippen molar-refractivity contribution >= 4 is 21.8 Å². The number of ether oxygens (including phenoxy) is 1. The van der Waals surface area contributed by atoms with E-state index in [9.17, 15) is 18.0 Å². The Morgan fingerprint density at radius 3 is 2.34 bits per heavy atom. The van der Waals surface area contributed by atoms with E-state index in [2.05, 4.69) is 0 Å². The van der Waals surface area contributed by atoms with Crippen molar-refractivity contribution in [1.29, 1.82) is 0 Å². The topological polar surface area (TPSA) is 80.8 Å². The molecule has 29 heavy (non-hydrogen) atoms. The highest BCUT2D eigenvalue weighted by Gasteiger charge is 2.33. The van der Waals surface area contributed by atoms with Crippen LogP contribution in [0.25, 0.3) is 0 Å². The highest BCUT2D eigenvalue weighted by atomic mass is 32.2. The van der Waals surface area contributed by atoms with Gasteiger partial charge in [-0.3, -0.25) is 9.59 Å². The van der Waals surface area contributed by atoms with Gasteiger partial charge in [-0.2, -0.15) is 4.31 Å². The molecule has 0 saturated carbocycles. The first-order chi connectivity index (χ1) is 13.7. The van der Waals surface area contributed by atoms with E-state index >= 15 is 0 Å². The van der Waals surface area contributed by atoms with Crippen molar-refractivity contribution in [2.24, 2.45) is 5.92 Å². The number of rotatable bonds is 5. The van der Waals surface area contributed by atoms with Crippen LogP contribution in [0.5, 0.6) is 5.75 Å². The fraction of sp³-hybridized carbons (Fsp3) is 0.364. The van der Waals surface area contributed by atoms with E-state index in [-0.39, 0.29) is 35.7 Å². The van der Waals surface area contributed by atoms with Gasteiger partial charge in [0.15, 0.2) is 5.78 Å². The molecule has 7 heteroatoms. The first-order valence-electron chi connectivity index (χ1n) is 9.58. The van der Waals surface area contributed by atoms with Gasteiger partial charge >= 0.3 is 5.97 Å². The summed E-state index contributed by atoms with van der Waals surface area (Å²) in [5.41, 5.74) is 2.34. The summed E-state index contributed by atoms with van der Waals surface area (Å²) in [5.74, 6) is -0.315. The summed E-state index contributed by atoms with van der Waals surface area (Å²) in [7, 11) is -3.71. The highest BCUT2D eigenvalue weighted by molar-refractivity contribution is 7.89. The maximum absolute atomic E-state index is 12.9. The number of esters is 1. The summed E-state index contributed by atoms with van der Waals surface area (Å²) in [6, 6.07) is 11.7. The van der Waals surface area contributed by atoms with Crippen LogP contribution in [0.3, 0.4) is 0 Å². The van der Waals surface area contributed by atoms with Crippen LogP contribution in [0.1, 0.15) is 41.3 Å². The predicted octanol–water partition coefficient (Wildman–Crippen LogP) is 3.51. The molecule has 1 heterocycles. The van der Waals surface area contributed by atoms with Gasteiger partial charge in [0.25, 0.3) is 0 Å². The molecule has 154 valence electrons. The second-order valence-corrected chi connectivity index (χ2v) is 9.39. The van der Waals surface area contributed by atoms with Crippen molar-refractivity contribution in [2.45, 2.75) is 38.5 Å². The molecule has 0 bridgehead atoms. The number of piperidine rings is 1. The standard InChI is InChI=1S/C22H25NO5S/c1-15-7-8-21(16(2)13-15)28-22(25)18-9-11-23(12-10-18)29(26,27)20-6-4-5-19(14-20)17(3)24/h4-8,13-14,18H,9-12H2,1-3H3. The Morgan fingerprint density at radius 1 is 1.03 bits per heavy atom. The normalized spacial score (nSPS) is 15.8. The van der Waals surface area contributed by atoms with Crippen molar-refractivity contribution in [3.05, 3.63) is 59.2 Å². The van der Waals surface area contributed by atoms with Crippen molar-refractivity contribution in [3.63, 3.8) is 0 Å². The van der Waals surface area contributed by atoms with Gasteiger partial charge in [0.05, 0.1) is 10.8 Å². The molecule has 3 rings (SSSR count). The summed E-state index contributed by atoms with van der Waals surface area (Å²) in [4.78, 5) is 24.2. The van der Waals surface area contributed by atoms with E-state index < -0.39 is 10.0 Å². The van der Waals surface area contributed by atoms with Crippen LogP contribution >= 0.6 is 0 Å².